The lowest BCUT2D eigenvalue weighted by Gasteiger charge is -2.02. The Morgan fingerprint density at radius 3 is 2.58 bits per heavy atom. The minimum absolute atomic E-state index is 0.376. The highest BCUT2D eigenvalue weighted by Crippen LogP contribution is 2.04. The summed E-state index contributed by atoms with van der Waals surface area (Å²) in [5, 5.41) is 8.72. The smallest absolute Gasteiger partial charge is 0.335 e. The molecule has 0 aliphatic rings. The Labute approximate surface area is 72.5 Å². The van der Waals surface area contributed by atoms with Crippen molar-refractivity contribution in [3.63, 3.8) is 0 Å². The molecule has 1 aromatic carbocycles. The Morgan fingerprint density at radius 1 is 1.50 bits per heavy atom. The number of benzene rings is 1. The molecule has 0 aliphatic carbocycles. The standard InChI is InChI=1S/C9H10BO2/c1-6-5-7(10-2)3-4-8(6)9(11)12/h3-5H,1-2H3,(H,11,12). The van der Waals surface area contributed by atoms with Gasteiger partial charge in [0.15, 0.2) is 0 Å². The number of aryl methyl sites for hydroxylation is 1. The van der Waals surface area contributed by atoms with Gasteiger partial charge in [0.1, 0.15) is 7.28 Å². The fourth-order valence-electron chi connectivity index (χ4n) is 1.11. The molecular formula is C9H10BO2. The molecule has 1 aromatic rings. The van der Waals surface area contributed by atoms with Crippen LogP contribution < -0.4 is 5.46 Å². The minimum Gasteiger partial charge on any atom is -0.478 e. The molecule has 1 rings (SSSR count). The lowest BCUT2D eigenvalue weighted by molar-refractivity contribution is 0.0696. The zero-order valence-corrected chi connectivity index (χ0v) is 7.16. The van der Waals surface area contributed by atoms with E-state index in [0.29, 0.717) is 5.56 Å². The number of hydrogen-bond donors (Lipinski definition) is 1. The van der Waals surface area contributed by atoms with Gasteiger partial charge >= 0.3 is 5.97 Å². The molecule has 0 fully saturated rings. The third-order valence-corrected chi connectivity index (χ3v) is 1.81. The van der Waals surface area contributed by atoms with Gasteiger partial charge in [-0.3, -0.25) is 0 Å². The summed E-state index contributed by atoms with van der Waals surface area (Å²) in [7, 11) is 1.94. The van der Waals surface area contributed by atoms with Crippen LogP contribution in [0.1, 0.15) is 15.9 Å². The van der Waals surface area contributed by atoms with Gasteiger partial charge in [-0.05, 0) is 18.6 Å². The Hall–Kier alpha value is -1.25. The third kappa shape index (κ3) is 1.67. The summed E-state index contributed by atoms with van der Waals surface area (Å²) < 4.78 is 0. The molecule has 0 saturated heterocycles. The first-order valence-corrected chi connectivity index (χ1v) is 3.78. The molecule has 0 heterocycles. The van der Waals surface area contributed by atoms with Gasteiger partial charge in [-0.2, -0.15) is 0 Å². The monoisotopic (exact) mass is 161 g/mol. The van der Waals surface area contributed by atoms with E-state index in [-0.39, 0.29) is 0 Å². The number of carboxylic acids is 1. The fourth-order valence-corrected chi connectivity index (χ4v) is 1.11. The summed E-state index contributed by atoms with van der Waals surface area (Å²) in [5.74, 6) is -0.866. The molecule has 0 saturated carbocycles. The number of carbonyl (C=O) groups is 1. The molecule has 0 unspecified atom stereocenters. The zero-order chi connectivity index (χ0) is 9.14. The predicted octanol–water partition coefficient (Wildman–Crippen LogP) is 1.07. The predicted molar refractivity (Wildman–Crippen MR) is 49.4 cm³/mol. The quantitative estimate of drug-likeness (QED) is 0.658. The molecular weight excluding hydrogens is 151 g/mol. The van der Waals surface area contributed by atoms with Crippen LogP contribution in [-0.4, -0.2) is 18.4 Å². The highest BCUT2D eigenvalue weighted by atomic mass is 16.4. The van der Waals surface area contributed by atoms with Crippen molar-refractivity contribution in [1.82, 2.24) is 0 Å². The second-order valence-electron chi connectivity index (χ2n) is 2.67. The number of hydrogen-bond acceptors (Lipinski definition) is 1. The first kappa shape index (κ1) is 8.85. The topological polar surface area (TPSA) is 37.3 Å². The van der Waals surface area contributed by atoms with Crippen LogP contribution in [0.25, 0.3) is 0 Å². The van der Waals surface area contributed by atoms with E-state index in [1.807, 2.05) is 20.2 Å². The summed E-state index contributed by atoms with van der Waals surface area (Å²) in [6, 6.07) is 5.30. The molecule has 0 spiro atoms. The van der Waals surface area contributed by atoms with Crippen molar-refractivity contribution in [1.29, 1.82) is 0 Å². The van der Waals surface area contributed by atoms with Gasteiger partial charge in [0.25, 0.3) is 0 Å². The van der Waals surface area contributed by atoms with E-state index in [9.17, 15) is 4.79 Å². The molecule has 0 aliphatic heterocycles. The summed E-state index contributed by atoms with van der Waals surface area (Å²) in [6.45, 7) is 3.73. The van der Waals surface area contributed by atoms with E-state index in [2.05, 4.69) is 0 Å². The fraction of sp³-hybridized carbons (Fsp3) is 0.222. The van der Waals surface area contributed by atoms with E-state index in [1.165, 1.54) is 0 Å². The summed E-state index contributed by atoms with van der Waals surface area (Å²) in [5.41, 5.74) is 2.23. The maximum Gasteiger partial charge on any atom is 0.335 e. The molecule has 1 radical (unpaired) electrons. The van der Waals surface area contributed by atoms with Crippen LogP contribution in [-0.2, 0) is 0 Å². The van der Waals surface area contributed by atoms with Crippen molar-refractivity contribution >= 4 is 18.7 Å². The molecule has 61 valence electrons. The summed E-state index contributed by atoms with van der Waals surface area (Å²) in [4.78, 5) is 10.6. The van der Waals surface area contributed by atoms with Crippen LogP contribution in [0.2, 0.25) is 6.82 Å². The van der Waals surface area contributed by atoms with E-state index in [0.717, 1.165) is 11.0 Å². The van der Waals surface area contributed by atoms with Crippen LogP contribution in [0.3, 0.4) is 0 Å². The van der Waals surface area contributed by atoms with E-state index in [4.69, 9.17) is 5.11 Å². The van der Waals surface area contributed by atoms with Crippen LogP contribution in [0.5, 0.6) is 0 Å². The van der Waals surface area contributed by atoms with Crippen molar-refractivity contribution in [2.75, 3.05) is 0 Å². The second kappa shape index (κ2) is 3.43. The molecule has 0 amide bonds. The lowest BCUT2D eigenvalue weighted by atomic mass is 9.72. The lowest BCUT2D eigenvalue weighted by Crippen LogP contribution is -2.12. The second-order valence-corrected chi connectivity index (χ2v) is 2.67. The molecule has 0 bridgehead atoms. The Balaban J connectivity index is 3.12. The number of rotatable bonds is 2. The molecule has 0 atom stereocenters. The van der Waals surface area contributed by atoms with Crippen molar-refractivity contribution in [3.8, 4) is 0 Å². The maximum atomic E-state index is 10.6. The van der Waals surface area contributed by atoms with Gasteiger partial charge < -0.3 is 5.11 Å². The van der Waals surface area contributed by atoms with Gasteiger partial charge in [0, 0.05) is 0 Å². The zero-order valence-electron chi connectivity index (χ0n) is 7.16. The summed E-state index contributed by atoms with van der Waals surface area (Å²) in [6.07, 6.45) is 0. The first-order valence-electron chi connectivity index (χ1n) is 3.78. The Morgan fingerprint density at radius 2 is 2.17 bits per heavy atom. The van der Waals surface area contributed by atoms with Crippen LogP contribution in [0.15, 0.2) is 18.2 Å². The molecule has 2 nitrogen and oxygen atoms in total. The highest BCUT2D eigenvalue weighted by molar-refractivity contribution is 6.51. The molecule has 3 heteroatoms. The van der Waals surface area contributed by atoms with Crippen LogP contribution in [0.4, 0.5) is 0 Å². The maximum absolute atomic E-state index is 10.6. The highest BCUT2D eigenvalue weighted by Gasteiger charge is 2.05. The molecule has 0 aromatic heterocycles. The van der Waals surface area contributed by atoms with Gasteiger partial charge in [-0.1, -0.05) is 24.4 Å². The number of aromatic carboxylic acids is 1. The van der Waals surface area contributed by atoms with Crippen LogP contribution in [0, 0.1) is 6.92 Å². The largest absolute Gasteiger partial charge is 0.478 e. The van der Waals surface area contributed by atoms with Crippen molar-refractivity contribution in [2.24, 2.45) is 0 Å². The normalized spacial score (nSPS) is 9.50. The average molecular weight is 161 g/mol. The molecule has 12 heavy (non-hydrogen) atoms. The van der Waals surface area contributed by atoms with Gasteiger partial charge in [-0.25, -0.2) is 4.79 Å². The van der Waals surface area contributed by atoms with Crippen molar-refractivity contribution in [3.05, 3.63) is 29.3 Å². The third-order valence-electron chi connectivity index (χ3n) is 1.81. The average Bonchev–Trinajstić information content (AvgIpc) is 2.03. The van der Waals surface area contributed by atoms with E-state index >= 15 is 0 Å². The van der Waals surface area contributed by atoms with Crippen LogP contribution >= 0.6 is 0 Å². The number of carboxylic acid groups (broad SMARTS) is 1. The first-order chi connectivity index (χ1) is 5.65. The van der Waals surface area contributed by atoms with Gasteiger partial charge in [0.2, 0.25) is 0 Å². The van der Waals surface area contributed by atoms with E-state index < -0.39 is 5.97 Å². The van der Waals surface area contributed by atoms with Gasteiger partial charge in [0.05, 0.1) is 5.56 Å². The van der Waals surface area contributed by atoms with Crippen molar-refractivity contribution in [2.45, 2.75) is 13.7 Å². The van der Waals surface area contributed by atoms with Gasteiger partial charge in [-0.15, -0.1) is 0 Å². The van der Waals surface area contributed by atoms with E-state index in [1.54, 1.807) is 19.1 Å². The summed E-state index contributed by atoms with van der Waals surface area (Å²) >= 11 is 0. The van der Waals surface area contributed by atoms with Crippen molar-refractivity contribution < 1.29 is 9.90 Å². The Kier molecular flexibility index (Phi) is 2.53. The minimum atomic E-state index is -0.866. The SMILES string of the molecule is C[B]c1ccc(C(=O)O)c(C)c1. The Bertz CT molecular complexity index is 307. The molecule has 1 N–H and O–H groups in total.